The molecule has 0 aliphatic heterocycles. The van der Waals surface area contributed by atoms with Gasteiger partial charge in [0, 0.05) is 12.1 Å². The van der Waals surface area contributed by atoms with Gasteiger partial charge in [0.2, 0.25) is 0 Å². The summed E-state index contributed by atoms with van der Waals surface area (Å²) in [6.45, 7) is 4.41. The lowest BCUT2D eigenvalue weighted by Crippen LogP contribution is -2.52. The highest BCUT2D eigenvalue weighted by atomic mass is 15.0. The van der Waals surface area contributed by atoms with E-state index in [0.717, 1.165) is 18.4 Å². The van der Waals surface area contributed by atoms with Crippen LogP contribution in [0.2, 0.25) is 0 Å². The molecular formula is C18H36N2. The Morgan fingerprint density at radius 2 is 1.35 bits per heavy atom. The van der Waals surface area contributed by atoms with Gasteiger partial charge in [-0.25, -0.2) is 0 Å². The molecule has 0 aromatic rings. The van der Waals surface area contributed by atoms with Crippen LogP contribution in [-0.2, 0) is 0 Å². The molecule has 2 atom stereocenters. The number of nitrogens with two attached hydrogens (primary N) is 1. The summed E-state index contributed by atoms with van der Waals surface area (Å²) in [6, 6.07) is 0. The molecule has 2 heteroatoms. The minimum atomic E-state index is 0.251. The first-order chi connectivity index (χ1) is 9.76. The molecule has 2 aliphatic carbocycles. The Morgan fingerprint density at radius 1 is 0.900 bits per heavy atom. The fraction of sp³-hybridized carbons (Fsp3) is 1.00. The van der Waals surface area contributed by atoms with Crippen LogP contribution in [0.3, 0.4) is 0 Å². The Balaban J connectivity index is 1.82. The van der Waals surface area contributed by atoms with Crippen molar-refractivity contribution in [1.82, 2.24) is 5.32 Å². The van der Waals surface area contributed by atoms with Crippen LogP contribution >= 0.6 is 0 Å². The third-order valence-corrected chi connectivity index (χ3v) is 5.72. The zero-order chi connectivity index (χ0) is 14.3. The highest BCUT2D eigenvalue weighted by molar-refractivity contribution is 4.93. The molecular weight excluding hydrogens is 244 g/mol. The molecule has 2 saturated carbocycles. The number of hydrogen-bond donors (Lipinski definition) is 2. The highest BCUT2D eigenvalue weighted by Gasteiger charge is 2.35. The number of hydrogen-bond acceptors (Lipinski definition) is 2. The maximum absolute atomic E-state index is 6.20. The molecule has 2 fully saturated rings. The quantitative estimate of drug-likeness (QED) is 0.808. The normalized spacial score (nSPS) is 32.1. The largest absolute Gasteiger partial charge is 0.329 e. The smallest absolute Gasteiger partial charge is 0.0304 e. The molecule has 2 aliphatic rings. The first-order valence-electron chi connectivity index (χ1n) is 9.21. The van der Waals surface area contributed by atoms with E-state index in [0.29, 0.717) is 0 Å². The molecule has 118 valence electrons. The molecule has 0 heterocycles. The second-order valence-corrected chi connectivity index (χ2v) is 7.52. The Labute approximate surface area is 126 Å². The van der Waals surface area contributed by atoms with Crippen LogP contribution in [-0.4, -0.2) is 18.6 Å². The number of rotatable bonds is 4. The molecule has 0 saturated heterocycles. The summed E-state index contributed by atoms with van der Waals surface area (Å²) < 4.78 is 0. The van der Waals surface area contributed by atoms with Crippen molar-refractivity contribution in [3.8, 4) is 0 Å². The molecule has 0 radical (unpaired) electrons. The summed E-state index contributed by atoms with van der Waals surface area (Å²) in [7, 11) is 0. The average Bonchev–Trinajstić information content (AvgIpc) is 3.15. The van der Waals surface area contributed by atoms with Crippen LogP contribution in [0.4, 0.5) is 0 Å². The molecule has 0 amide bonds. The van der Waals surface area contributed by atoms with E-state index < -0.39 is 0 Å². The predicted octanol–water partition coefficient (Wildman–Crippen LogP) is 4.23. The minimum absolute atomic E-state index is 0.251. The van der Waals surface area contributed by atoms with E-state index in [2.05, 4.69) is 12.2 Å². The maximum Gasteiger partial charge on any atom is 0.0304 e. The molecule has 20 heavy (non-hydrogen) atoms. The van der Waals surface area contributed by atoms with Gasteiger partial charge in [-0.05, 0) is 37.6 Å². The van der Waals surface area contributed by atoms with Crippen molar-refractivity contribution in [1.29, 1.82) is 0 Å². The fourth-order valence-electron chi connectivity index (χ4n) is 3.77. The fourth-order valence-corrected chi connectivity index (χ4v) is 3.77. The van der Waals surface area contributed by atoms with Crippen molar-refractivity contribution >= 4 is 0 Å². The first-order valence-corrected chi connectivity index (χ1v) is 9.21. The van der Waals surface area contributed by atoms with Crippen LogP contribution < -0.4 is 11.1 Å². The zero-order valence-corrected chi connectivity index (χ0v) is 13.6. The Bertz CT molecular complexity index is 252. The van der Waals surface area contributed by atoms with Gasteiger partial charge in [-0.2, -0.15) is 0 Å². The van der Waals surface area contributed by atoms with E-state index in [-0.39, 0.29) is 5.54 Å². The van der Waals surface area contributed by atoms with Gasteiger partial charge in [-0.1, -0.05) is 64.7 Å². The third kappa shape index (κ3) is 5.37. The van der Waals surface area contributed by atoms with Gasteiger partial charge in [0.05, 0.1) is 0 Å². The van der Waals surface area contributed by atoms with E-state index in [9.17, 15) is 0 Å². The number of nitrogens with one attached hydrogen (secondary N) is 1. The maximum atomic E-state index is 6.20. The van der Waals surface area contributed by atoms with Crippen LogP contribution in [0, 0.1) is 11.8 Å². The SMILES string of the molecule is CC1CC1CNC1(CN)CCCCCCCCCCC1. The van der Waals surface area contributed by atoms with Crippen molar-refractivity contribution in [2.24, 2.45) is 17.6 Å². The molecule has 3 N–H and O–H groups in total. The van der Waals surface area contributed by atoms with Crippen molar-refractivity contribution in [2.75, 3.05) is 13.1 Å². The molecule has 2 rings (SSSR count). The Morgan fingerprint density at radius 3 is 1.75 bits per heavy atom. The summed E-state index contributed by atoms with van der Waals surface area (Å²) in [5, 5.41) is 3.90. The van der Waals surface area contributed by atoms with E-state index >= 15 is 0 Å². The summed E-state index contributed by atoms with van der Waals surface area (Å²) in [5.41, 5.74) is 6.45. The van der Waals surface area contributed by atoms with Gasteiger partial charge in [-0.3, -0.25) is 0 Å². The van der Waals surface area contributed by atoms with E-state index in [1.165, 1.54) is 83.6 Å². The molecule has 0 aromatic carbocycles. The van der Waals surface area contributed by atoms with Gasteiger partial charge in [-0.15, -0.1) is 0 Å². The van der Waals surface area contributed by atoms with Gasteiger partial charge < -0.3 is 11.1 Å². The van der Waals surface area contributed by atoms with Crippen molar-refractivity contribution in [3.63, 3.8) is 0 Å². The monoisotopic (exact) mass is 280 g/mol. The van der Waals surface area contributed by atoms with E-state index in [1.54, 1.807) is 0 Å². The molecule has 0 aromatic heterocycles. The predicted molar refractivity (Wildman–Crippen MR) is 87.8 cm³/mol. The zero-order valence-electron chi connectivity index (χ0n) is 13.6. The summed E-state index contributed by atoms with van der Waals surface area (Å²) in [6.07, 6.45) is 16.8. The lowest BCUT2D eigenvalue weighted by molar-refractivity contribution is 0.262. The van der Waals surface area contributed by atoms with E-state index in [1.807, 2.05) is 0 Å². The van der Waals surface area contributed by atoms with Crippen molar-refractivity contribution in [2.45, 2.75) is 89.5 Å². The van der Waals surface area contributed by atoms with Crippen molar-refractivity contribution < 1.29 is 0 Å². The molecule has 0 bridgehead atoms. The summed E-state index contributed by atoms with van der Waals surface area (Å²) in [4.78, 5) is 0. The molecule has 2 unspecified atom stereocenters. The first kappa shape index (κ1) is 16.3. The topological polar surface area (TPSA) is 38.0 Å². The van der Waals surface area contributed by atoms with Crippen LogP contribution in [0.5, 0.6) is 0 Å². The highest BCUT2D eigenvalue weighted by Crippen LogP contribution is 2.37. The summed E-state index contributed by atoms with van der Waals surface area (Å²) >= 11 is 0. The minimum Gasteiger partial charge on any atom is -0.329 e. The van der Waals surface area contributed by atoms with Gasteiger partial charge >= 0.3 is 0 Å². The van der Waals surface area contributed by atoms with E-state index in [4.69, 9.17) is 5.73 Å². The van der Waals surface area contributed by atoms with Gasteiger partial charge in [0.15, 0.2) is 0 Å². The second kappa shape index (κ2) is 8.38. The second-order valence-electron chi connectivity index (χ2n) is 7.52. The van der Waals surface area contributed by atoms with Crippen molar-refractivity contribution in [3.05, 3.63) is 0 Å². The lowest BCUT2D eigenvalue weighted by atomic mass is 9.85. The summed E-state index contributed by atoms with van der Waals surface area (Å²) in [5.74, 6) is 1.88. The molecule has 0 spiro atoms. The third-order valence-electron chi connectivity index (χ3n) is 5.72. The van der Waals surface area contributed by atoms with Crippen LogP contribution in [0.25, 0.3) is 0 Å². The Kier molecular flexibility index (Phi) is 6.83. The lowest BCUT2D eigenvalue weighted by Gasteiger charge is -2.35. The Hall–Kier alpha value is -0.0800. The van der Waals surface area contributed by atoms with Crippen LogP contribution in [0.15, 0.2) is 0 Å². The van der Waals surface area contributed by atoms with Crippen LogP contribution in [0.1, 0.15) is 84.0 Å². The van der Waals surface area contributed by atoms with Gasteiger partial charge in [0.1, 0.15) is 0 Å². The van der Waals surface area contributed by atoms with Gasteiger partial charge in [0.25, 0.3) is 0 Å². The molecule has 2 nitrogen and oxygen atoms in total. The average molecular weight is 280 g/mol. The standard InChI is InChI=1S/C18H36N2/c1-16-13-17(16)14-20-18(15-19)11-9-7-5-3-2-4-6-8-10-12-18/h16-17,20H,2-15,19H2,1H3.